The Kier molecular flexibility index (Phi) is 5.09. The first-order valence-electron chi connectivity index (χ1n) is 7.85. The molecule has 1 heterocycles. The van der Waals surface area contributed by atoms with Crippen molar-refractivity contribution in [1.29, 1.82) is 0 Å². The monoisotopic (exact) mass is 355 g/mol. The second-order valence-corrected chi connectivity index (χ2v) is 7.09. The van der Waals surface area contributed by atoms with E-state index in [0.717, 1.165) is 10.9 Å². The molecule has 1 atom stereocenters. The van der Waals surface area contributed by atoms with Gasteiger partial charge in [-0.1, -0.05) is 37.3 Å². The topological polar surface area (TPSA) is 76.2 Å². The van der Waals surface area contributed by atoms with Crippen molar-refractivity contribution in [3.8, 4) is 0 Å². The highest BCUT2D eigenvalue weighted by Gasteiger charge is 2.18. The second kappa shape index (κ2) is 7.44. The Hall–Kier alpha value is -2.73. The fourth-order valence-electron chi connectivity index (χ4n) is 2.58. The van der Waals surface area contributed by atoms with Crippen LogP contribution in [0.1, 0.15) is 27.6 Å². The number of nitrogens with one attached hydrogen (secondary N) is 1. The van der Waals surface area contributed by atoms with Crippen LogP contribution >= 0.6 is 0 Å². The summed E-state index contributed by atoms with van der Waals surface area (Å²) < 4.78 is 17.2. The molecule has 3 rings (SSSR count). The van der Waals surface area contributed by atoms with Gasteiger partial charge in [-0.3, -0.25) is 9.00 Å². The SMILES string of the molecule is CC[S@](=O)c1ccccc1C(=O)OCC(=O)c1c[nH]c2ccccc12. The van der Waals surface area contributed by atoms with Crippen molar-refractivity contribution < 1.29 is 18.5 Å². The van der Waals surface area contributed by atoms with Gasteiger partial charge in [0.2, 0.25) is 5.78 Å². The van der Waals surface area contributed by atoms with Crippen LogP contribution in [0.4, 0.5) is 0 Å². The van der Waals surface area contributed by atoms with E-state index in [-0.39, 0.29) is 18.0 Å². The van der Waals surface area contributed by atoms with Crippen LogP contribution in [0.2, 0.25) is 0 Å². The van der Waals surface area contributed by atoms with Gasteiger partial charge in [-0.2, -0.15) is 0 Å². The van der Waals surface area contributed by atoms with E-state index in [4.69, 9.17) is 4.74 Å². The molecule has 1 aromatic heterocycles. The van der Waals surface area contributed by atoms with E-state index in [1.54, 1.807) is 37.4 Å². The zero-order chi connectivity index (χ0) is 17.8. The number of hydrogen-bond donors (Lipinski definition) is 1. The van der Waals surface area contributed by atoms with Gasteiger partial charge in [0.15, 0.2) is 6.61 Å². The van der Waals surface area contributed by atoms with E-state index < -0.39 is 16.8 Å². The van der Waals surface area contributed by atoms with Gasteiger partial charge in [0.05, 0.1) is 21.3 Å². The number of carbonyl (C=O) groups is 2. The summed E-state index contributed by atoms with van der Waals surface area (Å²) in [7, 11) is -1.28. The summed E-state index contributed by atoms with van der Waals surface area (Å²) >= 11 is 0. The zero-order valence-electron chi connectivity index (χ0n) is 13.7. The molecule has 2 aromatic carbocycles. The fraction of sp³-hybridized carbons (Fsp3) is 0.158. The lowest BCUT2D eigenvalue weighted by Gasteiger charge is -2.08. The number of hydrogen-bond acceptors (Lipinski definition) is 4. The highest BCUT2D eigenvalue weighted by molar-refractivity contribution is 7.85. The third-order valence-electron chi connectivity index (χ3n) is 3.84. The van der Waals surface area contributed by atoms with Crippen molar-refractivity contribution in [1.82, 2.24) is 4.98 Å². The summed E-state index contributed by atoms with van der Waals surface area (Å²) in [5.74, 6) is -0.538. The first-order valence-corrected chi connectivity index (χ1v) is 9.17. The van der Waals surface area contributed by atoms with E-state index in [1.807, 2.05) is 24.3 Å². The van der Waals surface area contributed by atoms with E-state index in [9.17, 15) is 13.8 Å². The molecular weight excluding hydrogens is 338 g/mol. The van der Waals surface area contributed by atoms with Crippen LogP contribution in [-0.2, 0) is 15.5 Å². The van der Waals surface area contributed by atoms with Gasteiger partial charge in [0, 0.05) is 28.4 Å². The van der Waals surface area contributed by atoms with Crippen molar-refractivity contribution >= 4 is 33.5 Å². The predicted molar refractivity (Wildman–Crippen MR) is 96.3 cm³/mol. The van der Waals surface area contributed by atoms with Crippen molar-refractivity contribution in [2.75, 3.05) is 12.4 Å². The standard InChI is InChI=1S/C19H17NO4S/c1-2-25(23)18-10-6-4-8-14(18)19(22)24-12-17(21)15-11-20-16-9-5-3-7-13(15)16/h3-11,20H,2,12H2,1H3/t25-/m0/s1. The van der Waals surface area contributed by atoms with Gasteiger partial charge in [-0.05, 0) is 18.2 Å². The van der Waals surface area contributed by atoms with Crippen LogP contribution in [0.15, 0.2) is 59.6 Å². The molecular formula is C19H17NO4S. The van der Waals surface area contributed by atoms with Crippen molar-refractivity contribution in [3.05, 3.63) is 65.9 Å². The minimum atomic E-state index is -1.28. The first kappa shape index (κ1) is 17.1. The van der Waals surface area contributed by atoms with Crippen LogP contribution in [0.25, 0.3) is 10.9 Å². The van der Waals surface area contributed by atoms with Crippen molar-refractivity contribution in [3.63, 3.8) is 0 Å². The van der Waals surface area contributed by atoms with E-state index >= 15 is 0 Å². The lowest BCUT2D eigenvalue weighted by Crippen LogP contribution is -2.16. The molecule has 0 spiro atoms. The summed E-state index contributed by atoms with van der Waals surface area (Å²) in [6, 6.07) is 14.0. The van der Waals surface area contributed by atoms with Gasteiger partial charge in [0.25, 0.3) is 0 Å². The van der Waals surface area contributed by atoms with Gasteiger partial charge < -0.3 is 9.72 Å². The second-order valence-electron chi connectivity index (χ2n) is 5.38. The summed E-state index contributed by atoms with van der Waals surface area (Å²) in [5, 5.41) is 0.788. The Morgan fingerprint density at radius 3 is 2.56 bits per heavy atom. The van der Waals surface area contributed by atoms with Gasteiger partial charge in [-0.25, -0.2) is 4.79 Å². The molecule has 0 saturated carbocycles. The first-order chi connectivity index (χ1) is 12.1. The molecule has 0 aliphatic rings. The maximum atomic E-state index is 12.4. The molecule has 0 radical (unpaired) electrons. The van der Waals surface area contributed by atoms with Crippen LogP contribution < -0.4 is 0 Å². The van der Waals surface area contributed by atoms with Crippen LogP contribution in [0.5, 0.6) is 0 Å². The summed E-state index contributed by atoms with van der Waals surface area (Å²) in [5.41, 5.74) is 1.56. The number of H-pyrrole nitrogens is 1. The molecule has 3 aromatic rings. The molecule has 25 heavy (non-hydrogen) atoms. The summed E-state index contributed by atoms with van der Waals surface area (Å²) in [6.45, 7) is 1.41. The van der Waals surface area contributed by atoms with Crippen LogP contribution in [-0.4, -0.2) is 33.3 Å². The average molecular weight is 355 g/mol. The third kappa shape index (κ3) is 3.53. The number of benzene rings is 2. The van der Waals surface area contributed by atoms with E-state index in [1.165, 1.54) is 0 Å². The molecule has 6 heteroatoms. The molecule has 0 fully saturated rings. The Balaban J connectivity index is 1.75. The molecule has 0 aliphatic carbocycles. The summed E-state index contributed by atoms with van der Waals surface area (Å²) in [6.07, 6.45) is 1.61. The Bertz CT molecular complexity index is 961. The zero-order valence-corrected chi connectivity index (χ0v) is 14.5. The summed E-state index contributed by atoms with van der Waals surface area (Å²) in [4.78, 5) is 28.1. The van der Waals surface area contributed by atoms with Crippen LogP contribution in [0.3, 0.4) is 0 Å². The molecule has 0 amide bonds. The van der Waals surface area contributed by atoms with Gasteiger partial charge in [0.1, 0.15) is 0 Å². The number of esters is 1. The Labute approximate surface area is 147 Å². The largest absolute Gasteiger partial charge is 0.454 e. The number of aromatic amines is 1. The van der Waals surface area contributed by atoms with Gasteiger partial charge >= 0.3 is 5.97 Å². The van der Waals surface area contributed by atoms with Gasteiger partial charge in [-0.15, -0.1) is 0 Å². The molecule has 5 nitrogen and oxygen atoms in total. The van der Waals surface area contributed by atoms with Crippen molar-refractivity contribution in [2.24, 2.45) is 0 Å². The minimum Gasteiger partial charge on any atom is -0.454 e. The minimum absolute atomic E-state index is 0.231. The molecule has 0 aliphatic heterocycles. The van der Waals surface area contributed by atoms with Crippen LogP contribution in [0, 0.1) is 0 Å². The highest BCUT2D eigenvalue weighted by Crippen LogP contribution is 2.19. The Morgan fingerprint density at radius 1 is 1.04 bits per heavy atom. The van der Waals surface area contributed by atoms with Crippen molar-refractivity contribution in [2.45, 2.75) is 11.8 Å². The Morgan fingerprint density at radius 2 is 1.76 bits per heavy atom. The number of rotatable bonds is 6. The number of carbonyl (C=O) groups excluding carboxylic acids is 2. The number of para-hydroxylation sites is 1. The lowest BCUT2D eigenvalue weighted by atomic mass is 10.1. The highest BCUT2D eigenvalue weighted by atomic mass is 32.2. The molecule has 0 unspecified atom stereocenters. The molecule has 1 N–H and O–H groups in total. The van der Waals surface area contributed by atoms with E-state index in [0.29, 0.717) is 16.2 Å². The molecule has 0 saturated heterocycles. The number of ether oxygens (including phenoxy) is 1. The maximum absolute atomic E-state index is 12.4. The smallest absolute Gasteiger partial charge is 0.339 e. The normalized spacial score (nSPS) is 12.0. The number of Topliss-reactive ketones (excluding diaryl/α,β-unsaturated/α-hetero) is 1. The number of ketones is 1. The number of aromatic nitrogens is 1. The molecule has 0 bridgehead atoms. The van der Waals surface area contributed by atoms with E-state index in [2.05, 4.69) is 4.98 Å². The average Bonchev–Trinajstić information content (AvgIpc) is 3.09. The quantitative estimate of drug-likeness (QED) is 0.543. The fourth-order valence-corrected chi connectivity index (χ4v) is 3.52. The lowest BCUT2D eigenvalue weighted by molar-refractivity contribution is 0.0471. The third-order valence-corrected chi connectivity index (χ3v) is 5.21. The maximum Gasteiger partial charge on any atom is 0.339 e. The number of fused-ring (bicyclic) bond motifs is 1. The molecule has 128 valence electrons. The predicted octanol–water partition coefficient (Wildman–Crippen LogP) is 3.34.